The number of nitrogens with zero attached hydrogens (tertiary/aromatic N) is 3. The first-order valence-electron chi connectivity index (χ1n) is 13.6. The van der Waals surface area contributed by atoms with Crippen molar-refractivity contribution < 1.29 is 27.5 Å². The first-order valence-corrected chi connectivity index (χ1v) is 14.0. The molecular weight excluding hydrogens is 583 g/mol. The van der Waals surface area contributed by atoms with Gasteiger partial charge in [-0.15, -0.1) is 0 Å². The molecule has 2 amide bonds. The highest BCUT2D eigenvalue weighted by atomic mass is 35.5. The zero-order chi connectivity index (χ0) is 31.6. The number of likely N-dealkylation sites (N-methyl/N-ethyl adjacent to an activating group) is 2. The Hall–Kier alpha value is -3.93. The van der Waals surface area contributed by atoms with Gasteiger partial charge in [-0.1, -0.05) is 43.6 Å². The van der Waals surface area contributed by atoms with E-state index >= 15 is 0 Å². The van der Waals surface area contributed by atoms with Crippen LogP contribution in [0.3, 0.4) is 0 Å². The van der Waals surface area contributed by atoms with Gasteiger partial charge in [-0.2, -0.15) is 18.3 Å². The number of carbonyl (C=O) groups is 2. The first-order chi connectivity index (χ1) is 20.4. The number of hydrogen-bond donors (Lipinski definition) is 2. The van der Waals surface area contributed by atoms with E-state index in [-0.39, 0.29) is 16.8 Å². The van der Waals surface area contributed by atoms with Crippen molar-refractivity contribution in [3.05, 3.63) is 93.5 Å². The van der Waals surface area contributed by atoms with Gasteiger partial charge in [0.25, 0.3) is 11.8 Å². The minimum atomic E-state index is -4.64. The highest BCUT2D eigenvalue weighted by Crippen LogP contribution is 2.34. The summed E-state index contributed by atoms with van der Waals surface area (Å²) in [5.74, 6) is -0.773. The van der Waals surface area contributed by atoms with E-state index in [1.54, 1.807) is 24.3 Å². The van der Waals surface area contributed by atoms with Crippen molar-refractivity contribution in [2.45, 2.75) is 26.6 Å². The molecule has 8 nitrogen and oxygen atoms in total. The van der Waals surface area contributed by atoms with Crippen molar-refractivity contribution >= 4 is 35.3 Å². The Morgan fingerprint density at radius 2 is 1.74 bits per heavy atom. The van der Waals surface area contributed by atoms with Crippen LogP contribution in [0.4, 0.5) is 18.9 Å². The van der Waals surface area contributed by atoms with Gasteiger partial charge in [-0.25, -0.2) is 5.43 Å². The van der Waals surface area contributed by atoms with Crippen molar-refractivity contribution in [2.75, 3.05) is 45.7 Å². The van der Waals surface area contributed by atoms with Crippen molar-refractivity contribution in [2.24, 2.45) is 5.10 Å². The molecule has 3 aromatic carbocycles. The number of anilines is 1. The van der Waals surface area contributed by atoms with Crippen LogP contribution in [0, 0.1) is 0 Å². The molecule has 3 aromatic rings. The third-order valence-electron chi connectivity index (χ3n) is 6.73. The predicted octanol–water partition coefficient (Wildman–Crippen LogP) is 6.16. The molecule has 0 aliphatic rings. The third-order valence-corrected chi connectivity index (χ3v) is 7.06. The van der Waals surface area contributed by atoms with E-state index in [4.69, 9.17) is 16.3 Å². The van der Waals surface area contributed by atoms with E-state index in [2.05, 4.69) is 39.5 Å². The van der Waals surface area contributed by atoms with Crippen LogP contribution < -0.4 is 15.5 Å². The fraction of sp³-hybridized carbons (Fsp3) is 0.323. The van der Waals surface area contributed by atoms with Crippen LogP contribution in [-0.2, 0) is 12.7 Å². The van der Waals surface area contributed by atoms with Gasteiger partial charge in [0.05, 0.1) is 35.2 Å². The minimum Gasteiger partial charge on any atom is -0.497 e. The van der Waals surface area contributed by atoms with Gasteiger partial charge in [0.1, 0.15) is 5.75 Å². The van der Waals surface area contributed by atoms with Gasteiger partial charge >= 0.3 is 6.18 Å². The van der Waals surface area contributed by atoms with Crippen molar-refractivity contribution in [1.82, 2.24) is 15.2 Å². The molecule has 230 valence electrons. The molecule has 3 rings (SSSR count). The van der Waals surface area contributed by atoms with E-state index in [9.17, 15) is 22.8 Å². The van der Waals surface area contributed by atoms with Gasteiger partial charge in [0, 0.05) is 25.2 Å². The molecule has 0 saturated heterocycles. The fourth-order valence-corrected chi connectivity index (χ4v) is 4.49. The van der Waals surface area contributed by atoms with Gasteiger partial charge in [0.15, 0.2) is 0 Å². The van der Waals surface area contributed by atoms with E-state index in [0.717, 1.165) is 50.1 Å². The number of methoxy groups -OCH3 is 1. The summed E-state index contributed by atoms with van der Waals surface area (Å²) in [5.41, 5.74) is 2.97. The molecule has 2 N–H and O–H groups in total. The number of benzene rings is 3. The maximum Gasteiger partial charge on any atom is 0.417 e. The topological polar surface area (TPSA) is 86.3 Å². The second-order valence-corrected chi connectivity index (χ2v) is 10.2. The number of ether oxygens (including phenoxy) is 1. The average molecular weight is 618 g/mol. The SMILES string of the molecule is CCN(CC)CCN(C)Cc1cccc(C(=O)Nc2ccc(OC)cc2C(=O)N/N=C\c2ccc(Cl)c(C(F)(F)F)c2)c1. The summed E-state index contributed by atoms with van der Waals surface area (Å²) < 4.78 is 44.7. The van der Waals surface area contributed by atoms with Gasteiger partial charge in [-0.3, -0.25) is 9.59 Å². The van der Waals surface area contributed by atoms with Crippen molar-refractivity contribution in [3.8, 4) is 5.75 Å². The fourth-order valence-electron chi connectivity index (χ4n) is 4.26. The quantitative estimate of drug-likeness (QED) is 0.177. The smallest absolute Gasteiger partial charge is 0.417 e. The molecule has 0 aliphatic carbocycles. The second-order valence-electron chi connectivity index (χ2n) is 9.77. The van der Waals surface area contributed by atoms with Gasteiger partial charge in [0.2, 0.25) is 0 Å². The Kier molecular flexibility index (Phi) is 12.1. The number of halogens is 4. The summed E-state index contributed by atoms with van der Waals surface area (Å²) in [5, 5.41) is 6.10. The molecule has 0 heterocycles. The predicted molar refractivity (Wildman–Crippen MR) is 163 cm³/mol. The molecule has 0 atom stereocenters. The molecule has 0 fully saturated rings. The van der Waals surface area contributed by atoms with Crippen LogP contribution >= 0.6 is 11.6 Å². The van der Waals surface area contributed by atoms with E-state index in [0.29, 0.717) is 17.9 Å². The molecule has 12 heteroatoms. The molecule has 0 unspecified atom stereocenters. The lowest BCUT2D eigenvalue weighted by Crippen LogP contribution is -2.32. The molecular formula is C31H35ClF3N5O3. The number of carbonyl (C=O) groups excluding carboxylic acids is 2. The number of rotatable bonds is 13. The second kappa shape index (κ2) is 15.5. The molecule has 0 aliphatic heterocycles. The number of hydrogen-bond acceptors (Lipinski definition) is 6. The van der Waals surface area contributed by atoms with Crippen molar-refractivity contribution in [3.63, 3.8) is 0 Å². The molecule has 0 radical (unpaired) electrons. The lowest BCUT2D eigenvalue weighted by atomic mass is 10.1. The lowest BCUT2D eigenvalue weighted by Gasteiger charge is -2.23. The number of nitrogens with one attached hydrogen (secondary N) is 2. The maximum atomic E-state index is 13.2. The summed E-state index contributed by atoms with van der Waals surface area (Å²) in [6, 6.07) is 15.0. The van der Waals surface area contributed by atoms with Crippen LogP contribution in [0.2, 0.25) is 5.02 Å². The average Bonchev–Trinajstić information content (AvgIpc) is 2.98. The molecule has 0 saturated carbocycles. The van der Waals surface area contributed by atoms with Crippen LogP contribution in [0.25, 0.3) is 0 Å². The first kappa shape index (κ1) is 33.6. The third kappa shape index (κ3) is 9.81. The number of amides is 2. The number of hydrazone groups is 1. The maximum absolute atomic E-state index is 13.2. The number of alkyl halides is 3. The zero-order valence-corrected chi connectivity index (χ0v) is 25.2. The molecule has 43 heavy (non-hydrogen) atoms. The highest BCUT2D eigenvalue weighted by molar-refractivity contribution is 6.31. The monoisotopic (exact) mass is 617 g/mol. The van der Waals surface area contributed by atoms with E-state index in [1.807, 2.05) is 13.1 Å². The van der Waals surface area contributed by atoms with Crippen LogP contribution in [0.5, 0.6) is 5.75 Å². The Bertz CT molecular complexity index is 1440. The Balaban J connectivity index is 1.72. The normalized spacial score (nSPS) is 11.8. The minimum absolute atomic E-state index is 0.0456. The van der Waals surface area contributed by atoms with E-state index < -0.39 is 28.6 Å². The Morgan fingerprint density at radius 1 is 1.00 bits per heavy atom. The Labute approximate surface area is 254 Å². The summed E-state index contributed by atoms with van der Waals surface area (Å²) in [4.78, 5) is 30.7. The Morgan fingerprint density at radius 3 is 2.42 bits per heavy atom. The summed E-state index contributed by atoms with van der Waals surface area (Å²) in [7, 11) is 3.46. The van der Waals surface area contributed by atoms with Gasteiger partial charge < -0.3 is 19.9 Å². The molecule has 0 aromatic heterocycles. The summed E-state index contributed by atoms with van der Waals surface area (Å²) in [6.45, 7) is 8.74. The standard InChI is InChI=1S/C31H35ClF3N5O3/c1-5-40(6-2)15-14-39(3)20-22-8-7-9-23(16-22)29(41)37-28-13-11-24(43-4)18-25(28)30(42)38-36-19-21-10-12-27(32)26(17-21)31(33,34)35/h7-13,16-19H,5-6,14-15,20H2,1-4H3,(H,37,41)(H,38,42)/b36-19-. The summed E-state index contributed by atoms with van der Waals surface area (Å²) >= 11 is 5.66. The summed E-state index contributed by atoms with van der Waals surface area (Å²) in [6.07, 6.45) is -3.58. The largest absolute Gasteiger partial charge is 0.497 e. The molecule has 0 spiro atoms. The van der Waals surface area contributed by atoms with E-state index in [1.165, 1.54) is 25.3 Å². The van der Waals surface area contributed by atoms with Crippen LogP contribution in [0.15, 0.2) is 65.8 Å². The van der Waals surface area contributed by atoms with Gasteiger partial charge in [-0.05, 0) is 73.7 Å². The van der Waals surface area contributed by atoms with Crippen LogP contribution in [0.1, 0.15) is 51.3 Å². The molecule has 0 bridgehead atoms. The zero-order valence-electron chi connectivity index (χ0n) is 24.5. The highest BCUT2D eigenvalue weighted by Gasteiger charge is 2.33. The van der Waals surface area contributed by atoms with Crippen molar-refractivity contribution in [1.29, 1.82) is 0 Å². The van der Waals surface area contributed by atoms with Crippen LogP contribution in [-0.4, -0.2) is 68.2 Å². The lowest BCUT2D eigenvalue weighted by molar-refractivity contribution is -0.137.